The van der Waals surface area contributed by atoms with Crippen molar-refractivity contribution >= 4 is 50.9 Å². The number of hydrogen-bond acceptors (Lipinski definition) is 5. The Morgan fingerprint density at radius 1 is 1.00 bits per heavy atom. The number of sulfonamides is 1. The molecule has 0 spiro atoms. The van der Waals surface area contributed by atoms with Gasteiger partial charge in [-0.2, -0.15) is 4.31 Å². The first-order valence-corrected chi connectivity index (χ1v) is 11.1. The molecule has 11 heteroatoms. The van der Waals surface area contributed by atoms with E-state index < -0.39 is 20.6 Å². The minimum absolute atomic E-state index is 0.0286. The van der Waals surface area contributed by atoms with Gasteiger partial charge in [0.15, 0.2) is 4.90 Å². The second-order valence-corrected chi connectivity index (χ2v) is 9.14. The van der Waals surface area contributed by atoms with Gasteiger partial charge in [-0.3, -0.25) is 14.9 Å². The summed E-state index contributed by atoms with van der Waals surface area (Å²) in [6, 6.07) is 10.2. The van der Waals surface area contributed by atoms with Crippen molar-refractivity contribution in [1.82, 2.24) is 9.21 Å². The second kappa shape index (κ2) is 9.13. The van der Waals surface area contributed by atoms with Crippen LogP contribution in [0.1, 0.15) is 5.56 Å². The topological polar surface area (TPSA) is 101 Å². The molecule has 0 aromatic heterocycles. The molecule has 1 fully saturated rings. The number of rotatable bonds is 5. The van der Waals surface area contributed by atoms with Crippen LogP contribution < -0.4 is 0 Å². The third-order valence-corrected chi connectivity index (χ3v) is 7.23. The number of nitro benzene ring substituents is 1. The molecule has 1 saturated heterocycles. The molecule has 1 amide bonds. The van der Waals surface area contributed by atoms with Gasteiger partial charge < -0.3 is 4.90 Å². The molecule has 1 aliphatic heterocycles. The van der Waals surface area contributed by atoms with E-state index in [1.165, 1.54) is 35.3 Å². The van der Waals surface area contributed by atoms with Gasteiger partial charge >= 0.3 is 0 Å². The Hall–Kier alpha value is -2.46. The first kappa shape index (κ1) is 22.2. The minimum atomic E-state index is -4.05. The van der Waals surface area contributed by atoms with Crippen molar-refractivity contribution in [2.75, 3.05) is 26.2 Å². The minimum Gasteiger partial charge on any atom is -0.337 e. The molecular formula is C19H17Cl2N3O5S. The zero-order valence-electron chi connectivity index (χ0n) is 15.6. The number of halogens is 2. The molecule has 3 rings (SSSR count). The average Bonchev–Trinajstić information content (AvgIpc) is 2.73. The monoisotopic (exact) mass is 469 g/mol. The van der Waals surface area contributed by atoms with E-state index in [9.17, 15) is 23.3 Å². The maximum atomic E-state index is 12.8. The first-order valence-electron chi connectivity index (χ1n) is 8.86. The van der Waals surface area contributed by atoms with Crippen LogP contribution in [0.2, 0.25) is 10.0 Å². The van der Waals surface area contributed by atoms with Gasteiger partial charge in [0.25, 0.3) is 5.69 Å². The van der Waals surface area contributed by atoms with Gasteiger partial charge in [-0.1, -0.05) is 41.4 Å². The molecule has 0 bridgehead atoms. The van der Waals surface area contributed by atoms with Crippen molar-refractivity contribution in [3.63, 3.8) is 0 Å². The molecule has 0 saturated carbocycles. The third kappa shape index (κ3) is 4.65. The van der Waals surface area contributed by atoms with Crippen LogP contribution in [0.3, 0.4) is 0 Å². The van der Waals surface area contributed by atoms with Crippen LogP contribution in [-0.4, -0.2) is 54.6 Å². The molecule has 2 aromatic rings. The highest BCUT2D eigenvalue weighted by Crippen LogP contribution is 2.27. The Labute approximate surface area is 183 Å². The first-order chi connectivity index (χ1) is 14.2. The Balaban J connectivity index is 1.69. The summed E-state index contributed by atoms with van der Waals surface area (Å²) in [6.07, 6.45) is 2.85. The average molecular weight is 470 g/mol. The summed E-state index contributed by atoms with van der Waals surface area (Å²) in [6.45, 7) is 0.361. The van der Waals surface area contributed by atoms with E-state index in [-0.39, 0.29) is 37.0 Å². The highest BCUT2D eigenvalue weighted by Gasteiger charge is 2.34. The molecule has 0 radical (unpaired) electrons. The van der Waals surface area contributed by atoms with Crippen LogP contribution in [0, 0.1) is 10.1 Å². The Bertz CT molecular complexity index is 1090. The van der Waals surface area contributed by atoms with Gasteiger partial charge in [0.1, 0.15) is 0 Å². The fourth-order valence-electron chi connectivity index (χ4n) is 3.04. The zero-order valence-corrected chi connectivity index (χ0v) is 17.9. The molecule has 0 N–H and O–H groups in total. The quantitative estimate of drug-likeness (QED) is 0.379. The van der Waals surface area contributed by atoms with E-state index in [2.05, 4.69) is 0 Å². The Morgan fingerprint density at radius 3 is 2.20 bits per heavy atom. The molecule has 0 aliphatic carbocycles. The lowest BCUT2D eigenvalue weighted by Crippen LogP contribution is -2.50. The standard InChI is InChI=1S/C19H17Cl2N3O5S/c20-15-4-3-5-16(21)14(15)8-9-19(25)22-10-12-23(13-11-22)30(28,29)18-7-2-1-6-17(18)24(26)27/h1-9H,10-13H2/b9-8+. The lowest BCUT2D eigenvalue weighted by Gasteiger charge is -2.33. The van der Waals surface area contributed by atoms with Gasteiger partial charge in [0, 0.05) is 53.9 Å². The number of para-hydroxylation sites is 1. The second-order valence-electron chi connectivity index (χ2n) is 6.42. The van der Waals surface area contributed by atoms with E-state index in [4.69, 9.17) is 23.2 Å². The molecule has 1 aliphatic rings. The van der Waals surface area contributed by atoms with Crippen LogP contribution in [0.5, 0.6) is 0 Å². The summed E-state index contributed by atoms with van der Waals surface area (Å²) in [5.41, 5.74) is 0.0438. The number of nitro groups is 1. The van der Waals surface area contributed by atoms with Crippen LogP contribution in [0.4, 0.5) is 5.69 Å². The number of carbonyl (C=O) groups is 1. The summed E-state index contributed by atoms with van der Waals surface area (Å²) in [4.78, 5) is 24.0. The van der Waals surface area contributed by atoms with Gasteiger partial charge in [-0.05, 0) is 24.3 Å². The molecule has 8 nitrogen and oxygen atoms in total. The number of benzene rings is 2. The van der Waals surface area contributed by atoms with E-state index >= 15 is 0 Å². The van der Waals surface area contributed by atoms with Crippen LogP contribution in [-0.2, 0) is 14.8 Å². The summed E-state index contributed by atoms with van der Waals surface area (Å²) in [5.74, 6) is -0.311. The molecule has 1 heterocycles. The van der Waals surface area contributed by atoms with Crippen LogP contribution >= 0.6 is 23.2 Å². The van der Waals surface area contributed by atoms with Crippen molar-refractivity contribution in [2.24, 2.45) is 0 Å². The van der Waals surface area contributed by atoms with Crippen molar-refractivity contribution in [1.29, 1.82) is 0 Å². The van der Waals surface area contributed by atoms with Crippen LogP contribution in [0.25, 0.3) is 6.08 Å². The maximum Gasteiger partial charge on any atom is 0.289 e. The Kier molecular flexibility index (Phi) is 6.77. The van der Waals surface area contributed by atoms with E-state index in [1.807, 2.05) is 0 Å². The van der Waals surface area contributed by atoms with E-state index in [0.717, 1.165) is 10.4 Å². The molecule has 0 unspecified atom stereocenters. The normalized spacial score (nSPS) is 15.5. The van der Waals surface area contributed by atoms with Gasteiger partial charge in [0.2, 0.25) is 15.9 Å². The highest BCUT2D eigenvalue weighted by molar-refractivity contribution is 7.89. The number of carbonyl (C=O) groups excluding carboxylic acids is 1. The summed E-state index contributed by atoms with van der Waals surface area (Å²) >= 11 is 12.2. The molecular weight excluding hydrogens is 453 g/mol. The Morgan fingerprint density at radius 2 is 1.60 bits per heavy atom. The fraction of sp³-hybridized carbons (Fsp3) is 0.211. The number of hydrogen-bond donors (Lipinski definition) is 0. The molecule has 2 aromatic carbocycles. The predicted octanol–water partition coefficient (Wildman–Crippen LogP) is 3.45. The van der Waals surface area contributed by atoms with Crippen LogP contribution in [0.15, 0.2) is 53.4 Å². The summed E-state index contributed by atoms with van der Waals surface area (Å²) < 4.78 is 26.8. The van der Waals surface area contributed by atoms with Gasteiger partial charge in [-0.15, -0.1) is 0 Å². The zero-order chi connectivity index (χ0) is 21.9. The van der Waals surface area contributed by atoms with Crippen molar-refractivity contribution in [3.05, 3.63) is 74.3 Å². The lowest BCUT2D eigenvalue weighted by molar-refractivity contribution is -0.387. The van der Waals surface area contributed by atoms with Gasteiger partial charge in [0.05, 0.1) is 4.92 Å². The van der Waals surface area contributed by atoms with Gasteiger partial charge in [-0.25, -0.2) is 8.42 Å². The third-order valence-electron chi connectivity index (χ3n) is 4.62. The molecule has 0 atom stereocenters. The summed E-state index contributed by atoms with van der Waals surface area (Å²) in [5, 5.41) is 12.0. The number of amides is 1. The lowest BCUT2D eigenvalue weighted by atomic mass is 10.2. The van der Waals surface area contributed by atoms with Crippen molar-refractivity contribution in [2.45, 2.75) is 4.90 Å². The highest BCUT2D eigenvalue weighted by atomic mass is 35.5. The number of nitrogens with zero attached hydrogens (tertiary/aromatic N) is 3. The SMILES string of the molecule is O=C(/C=C/c1c(Cl)cccc1Cl)N1CCN(S(=O)(=O)c2ccccc2[N+](=O)[O-])CC1. The van der Waals surface area contributed by atoms with Crippen molar-refractivity contribution in [3.8, 4) is 0 Å². The smallest absolute Gasteiger partial charge is 0.289 e. The molecule has 30 heavy (non-hydrogen) atoms. The fourth-order valence-corrected chi connectivity index (χ4v) is 5.15. The largest absolute Gasteiger partial charge is 0.337 e. The van der Waals surface area contributed by atoms with E-state index in [1.54, 1.807) is 18.2 Å². The molecule has 158 valence electrons. The van der Waals surface area contributed by atoms with E-state index in [0.29, 0.717) is 15.6 Å². The predicted molar refractivity (Wildman–Crippen MR) is 114 cm³/mol. The maximum absolute atomic E-state index is 12.8. The summed E-state index contributed by atoms with van der Waals surface area (Å²) in [7, 11) is -4.05. The van der Waals surface area contributed by atoms with Crippen molar-refractivity contribution < 1.29 is 18.1 Å². The number of piperazine rings is 1.